The van der Waals surface area contributed by atoms with Gasteiger partial charge in [-0.3, -0.25) is 14.5 Å². The second-order valence-corrected chi connectivity index (χ2v) is 7.26. The fourth-order valence-electron chi connectivity index (χ4n) is 3.20. The van der Waals surface area contributed by atoms with Crippen molar-refractivity contribution in [3.8, 4) is 11.3 Å². The van der Waals surface area contributed by atoms with E-state index >= 15 is 0 Å². The molecule has 25 heavy (non-hydrogen) atoms. The van der Waals surface area contributed by atoms with Crippen LogP contribution in [0.25, 0.3) is 22.3 Å². The highest BCUT2D eigenvalue weighted by atomic mass is 79.9. The number of aryl methyl sites for hydroxylation is 1. The fourth-order valence-corrected chi connectivity index (χ4v) is 3.55. The van der Waals surface area contributed by atoms with E-state index < -0.39 is 0 Å². The van der Waals surface area contributed by atoms with Crippen LogP contribution in [0.1, 0.15) is 24.6 Å². The van der Waals surface area contributed by atoms with Crippen LogP contribution in [0, 0.1) is 12.8 Å². The first-order valence-corrected chi connectivity index (χ1v) is 8.90. The molecule has 0 spiro atoms. The molecule has 0 atom stereocenters. The lowest BCUT2D eigenvalue weighted by atomic mass is 9.80. The van der Waals surface area contributed by atoms with Crippen molar-refractivity contribution >= 4 is 32.9 Å². The average molecular weight is 401 g/mol. The van der Waals surface area contributed by atoms with Crippen molar-refractivity contribution in [3.63, 3.8) is 0 Å². The van der Waals surface area contributed by atoms with Crippen molar-refractivity contribution in [2.24, 2.45) is 5.92 Å². The van der Waals surface area contributed by atoms with Gasteiger partial charge in [0.2, 0.25) is 0 Å². The maximum absolute atomic E-state index is 11.5. The van der Waals surface area contributed by atoms with Gasteiger partial charge in [-0.05, 0) is 38.0 Å². The van der Waals surface area contributed by atoms with Gasteiger partial charge in [-0.25, -0.2) is 4.98 Å². The van der Waals surface area contributed by atoms with Crippen molar-refractivity contribution < 1.29 is 9.53 Å². The zero-order valence-electron chi connectivity index (χ0n) is 13.9. The zero-order chi connectivity index (χ0) is 17.6. The summed E-state index contributed by atoms with van der Waals surface area (Å²) in [5, 5.41) is 4.61. The van der Waals surface area contributed by atoms with E-state index in [9.17, 15) is 4.79 Å². The van der Waals surface area contributed by atoms with Gasteiger partial charge in [0.25, 0.3) is 0 Å². The van der Waals surface area contributed by atoms with Crippen LogP contribution in [0.15, 0.2) is 35.1 Å². The molecule has 1 aliphatic carbocycles. The van der Waals surface area contributed by atoms with Gasteiger partial charge in [-0.2, -0.15) is 5.10 Å². The van der Waals surface area contributed by atoms with E-state index in [1.807, 2.05) is 36.0 Å². The van der Waals surface area contributed by atoms with Gasteiger partial charge in [0.05, 0.1) is 47.7 Å². The van der Waals surface area contributed by atoms with Crippen molar-refractivity contribution in [1.29, 1.82) is 0 Å². The smallest absolute Gasteiger partial charge is 0.308 e. The van der Waals surface area contributed by atoms with E-state index in [4.69, 9.17) is 9.72 Å². The van der Waals surface area contributed by atoms with Gasteiger partial charge < -0.3 is 4.74 Å². The number of benzene rings is 1. The summed E-state index contributed by atoms with van der Waals surface area (Å²) in [7, 11) is 1.43. The van der Waals surface area contributed by atoms with Crippen LogP contribution in [0.2, 0.25) is 0 Å². The largest absolute Gasteiger partial charge is 0.469 e. The maximum atomic E-state index is 11.5. The summed E-state index contributed by atoms with van der Waals surface area (Å²) in [6.07, 6.45) is 5.32. The summed E-state index contributed by atoms with van der Waals surface area (Å²) in [5.74, 6) is -0.146. The molecule has 3 aromatic rings. The van der Waals surface area contributed by atoms with Crippen molar-refractivity contribution in [2.75, 3.05) is 7.11 Å². The third kappa shape index (κ3) is 2.93. The SMILES string of the molecule is COC(=O)[C@H]1C[C@H](n2cc(-c3cnc4ccc(Br)cc4n3)c(C)n2)C1. The van der Waals surface area contributed by atoms with E-state index in [0.29, 0.717) is 0 Å². The molecule has 2 heterocycles. The lowest BCUT2D eigenvalue weighted by Gasteiger charge is -2.33. The number of carbonyl (C=O) groups is 1. The number of halogens is 1. The third-order valence-electron chi connectivity index (χ3n) is 4.72. The number of hydrogen-bond donors (Lipinski definition) is 0. The molecule has 0 amide bonds. The second-order valence-electron chi connectivity index (χ2n) is 6.34. The third-order valence-corrected chi connectivity index (χ3v) is 5.21. The normalized spacial score (nSPS) is 19.6. The van der Waals surface area contributed by atoms with E-state index in [-0.39, 0.29) is 17.9 Å². The molecule has 1 aliphatic rings. The number of fused-ring (bicyclic) bond motifs is 1. The van der Waals surface area contributed by atoms with Crippen molar-refractivity contribution in [1.82, 2.24) is 19.7 Å². The van der Waals surface area contributed by atoms with Gasteiger partial charge in [0.1, 0.15) is 0 Å². The molecule has 0 saturated heterocycles. The number of carbonyl (C=O) groups excluding carboxylic acids is 1. The fraction of sp³-hybridized carbons (Fsp3) is 0.333. The summed E-state index contributed by atoms with van der Waals surface area (Å²) in [6, 6.07) is 6.08. The van der Waals surface area contributed by atoms with Crippen molar-refractivity contribution in [3.05, 3.63) is 40.8 Å². The van der Waals surface area contributed by atoms with Crippen LogP contribution in [-0.4, -0.2) is 32.8 Å². The van der Waals surface area contributed by atoms with E-state index in [1.54, 1.807) is 6.20 Å². The molecule has 0 radical (unpaired) electrons. The predicted octanol–water partition coefficient (Wildman–Crippen LogP) is 3.69. The average Bonchev–Trinajstić information content (AvgIpc) is 2.93. The summed E-state index contributed by atoms with van der Waals surface area (Å²) in [6.45, 7) is 1.97. The van der Waals surface area contributed by atoms with Crippen LogP contribution in [0.4, 0.5) is 0 Å². The Kier molecular flexibility index (Phi) is 4.03. The Bertz CT molecular complexity index is 963. The van der Waals surface area contributed by atoms with Gasteiger partial charge >= 0.3 is 5.97 Å². The highest BCUT2D eigenvalue weighted by Gasteiger charge is 2.37. The molecule has 1 fully saturated rings. The Balaban J connectivity index is 1.62. The minimum Gasteiger partial charge on any atom is -0.469 e. The van der Waals surface area contributed by atoms with Gasteiger partial charge in [-0.1, -0.05) is 15.9 Å². The predicted molar refractivity (Wildman–Crippen MR) is 97.0 cm³/mol. The van der Waals surface area contributed by atoms with Gasteiger partial charge in [0.15, 0.2) is 0 Å². The molecule has 7 heteroatoms. The summed E-state index contributed by atoms with van der Waals surface area (Å²) < 4.78 is 7.71. The first kappa shape index (κ1) is 16.2. The minimum absolute atomic E-state index is 0.0132. The Labute approximate surface area is 153 Å². The van der Waals surface area contributed by atoms with Crippen LogP contribution in [0.3, 0.4) is 0 Å². The highest BCUT2D eigenvalue weighted by Crippen LogP contribution is 2.39. The monoisotopic (exact) mass is 400 g/mol. The standard InChI is InChI=1S/C18H17BrN4O2/c1-10-14(9-23(22-10)13-5-11(6-13)18(24)25-2)17-8-20-15-4-3-12(19)7-16(15)21-17/h3-4,7-9,11,13H,5-6H2,1-2H3/t11-,13-. The summed E-state index contributed by atoms with van der Waals surface area (Å²) in [5.41, 5.74) is 4.38. The molecule has 0 bridgehead atoms. The van der Waals surface area contributed by atoms with E-state index in [2.05, 4.69) is 26.0 Å². The molecule has 0 N–H and O–H groups in total. The second kappa shape index (κ2) is 6.22. The lowest BCUT2D eigenvalue weighted by molar-refractivity contribution is -0.149. The Morgan fingerprint density at radius 2 is 2.12 bits per heavy atom. The molecule has 6 nitrogen and oxygen atoms in total. The van der Waals surface area contributed by atoms with Crippen LogP contribution in [-0.2, 0) is 9.53 Å². The van der Waals surface area contributed by atoms with E-state index in [1.165, 1.54) is 7.11 Å². The van der Waals surface area contributed by atoms with Crippen LogP contribution in [0.5, 0.6) is 0 Å². The summed E-state index contributed by atoms with van der Waals surface area (Å²) in [4.78, 5) is 20.8. The molecule has 0 unspecified atom stereocenters. The molecule has 0 aliphatic heterocycles. The highest BCUT2D eigenvalue weighted by molar-refractivity contribution is 9.10. The van der Waals surface area contributed by atoms with Gasteiger partial charge in [-0.15, -0.1) is 0 Å². The number of aromatic nitrogens is 4. The Morgan fingerprint density at radius 3 is 2.88 bits per heavy atom. The molecular weight excluding hydrogens is 384 g/mol. The number of methoxy groups -OCH3 is 1. The van der Waals surface area contributed by atoms with Crippen LogP contribution >= 0.6 is 15.9 Å². The maximum Gasteiger partial charge on any atom is 0.308 e. The molecular formula is C18H17BrN4O2. The Morgan fingerprint density at radius 1 is 1.32 bits per heavy atom. The zero-order valence-corrected chi connectivity index (χ0v) is 15.5. The number of ether oxygens (including phenoxy) is 1. The molecule has 1 saturated carbocycles. The minimum atomic E-state index is -0.133. The molecule has 1 aromatic carbocycles. The lowest BCUT2D eigenvalue weighted by Crippen LogP contribution is -2.33. The van der Waals surface area contributed by atoms with Crippen molar-refractivity contribution in [2.45, 2.75) is 25.8 Å². The molecule has 4 rings (SSSR count). The van der Waals surface area contributed by atoms with E-state index in [0.717, 1.165) is 45.3 Å². The quantitative estimate of drug-likeness (QED) is 0.627. The number of rotatable bonds is 3. The topological polar surface area (TPSA) is 69.9 Å². The number of esters is 1. The van der Waals surface area contributed by atoms with Gasteiger partial charge in [0, 0.05) is 16.2 Å². The van der Waals surface area contributed by atoms with Crippen LogP contribution < -0.4 is 0 Å². The molecule has 128 valence electrons. The number of nitrogens with zero attached hydrogens (tertiary/aromatic N) is 4. The Hall–Kier alpha value is -2.28. The number of hydrogen-bond acceptors (Lipinski definition) is 5. The first-order chi connectivity index (χ1) is 12.0. The first-order valence-electron chi connectivity index (χ1n) is 8.11. The molecule has 2 aromatic heterocycles. The summed E-state index contributed by atoms with van der Waals surface area (Å²) >= 11 is 3.47.